The van der Waals surface area contributed by atoms with Crippen molar-refractivity contribution in [1.82, 2.24) is 15.2 Å². The van der Waals surface area contributed by atoms with Crippen LogP contribution in [0, 0.1) is 17.2 Å². The van der Waals surface area contributed by atoms with E-state index in [1.54, 1.807) is 12.1 Å². The second-order valence-corrected chi connectivity index (χ2v) is 5.34. The van der Waals surface area contributed by atoms with Crippen LogP contribution >= 0.6 is 0 Å². The normalized spacial score (nSPS) is 15.9. The average Bonchev–Trinajstić information content (AvgIpc) is 3.05. The summed E-state index contributed by atoms with van der Waals surface area (Å²) in [5, 5.41) is 16.1. The van der Waals surface area contributed by atoms with Crippen molar-refractivity contribution in [3.8, 4) is 17.5 Å². The summed E-state index contributed by atoms with van der Waals surface area (Å²) in [6, 6.07) is 9.43. The third-order valence-electron chi connectivity index (χ3n) is 3.99. The molecule has 1 aromatic heterocycles. The summed E-state index contributed by atoms with van der Waals surface area (Å²) in [4.78, 5) is 6.75. The van der Waals surface area contributed by atoms with E-state index in [1.165, 1.54) is 0 Å². The quantitative estimate of drug-likeness (QED) is 0.890. The van der Waals surface area contributed by atoms with Crippen LogP contribution in [0.4, 0.5) is 5.95 Å². The van der Waals surface area contributed by atoms with Crippen molar-refractivity contribution in [2.45, 2.75) is 12.8 Å². The predicted octanol–water partition coefficient (Wildman–Crippen LogP) is 1.52. The lowest BCUT2D eigenvalue weighted by atomic mass is 9.97. The van der Waals surface area contributed by atoms with Crippen LogP contribution in [0.1, 0.15) is 18.4 Å². The standard InChI is InChI=1S/C15H18N6/c16-9-11-1-3-13(4-2-11)14-18-15(20-19-14)21-7-5-12(10-17)6-8-21/h1-4,12H,5-8,10,17H2,(H,18,19,20). The molecule has 6 nitrogen and oxygen atoms in total. The Morgan fingerprint density at radius 3 is 2.62 bits per heavy atom. The number of nitrogens with two attached hydrogens (primary N) is 1. The van der Waals surface area contributed by atoms with Crippen LogP contribution in [-0.4, -0.2) is 34.8 Å². The van der Waals surface area contributed by atoms with Crippen LogP contribution in [0.25, 0.3) is 11.4 Å². The zero-order valence-corrected chi connectivity index (χ0v) is 11.8. The van der Waals surface area contributed by atoms with Gasteiger partial charge in [0.15, 0.2) is 5.82 Å². The van der Waals surface area contributed by atoms with Crippen LogP contribution in [0.3, 0.4) is 0 Å². The minimum atomic E-state index is 0.623. The van der Waals surface area contributed by atoms with Crippen molar-refractivity contribution >= 4 is 5.95 Å². The number of hydrogen-bond acceptors (Lipinski definition) is 5. The van der Waals surface area contributed by atoms with E-state index >= 15 is 0 Å². The molecule has 2 aromatic rings. The Balaban J connectivity index is 1.73. The first-order chi connectivity index (χ1) is 10.3. The highest BCUT2D eigenvalue weighted by Gasteiger charge is 2.21. The van der Waals surface area contributed by atoms with Crippen molar-refractivity contribution in [2.75, 3.05) is 24.5 Å². The number of benzene rings is 1. The molecule has 108 valence electrons. The van der Waals surface area contributed by atoms with Gasteiger partial charge >= 0.3 is 0 Å². The van der Waals surface area contributed by atoms with Crippen LogP contribution in [0.15, 0.2) is 24.3 Å². The molecule has 0 spiro atoms. The van der Waals surface area contributed by atoms with Crippen LogP contribution in [-0.2, 0) is 0 Å². The molecule has 1 saturated heterocycles. The van der Waals surface area contributed by atoms with Crippen LogP contribution in [0.5, 0.6) is 0 Å². The maximum atomic E-state index is 8.81. The van der Waals surface area contributed by atoms with Gasteiger partial charge < -0.3 is 10.6 Å². The molecule has 2 heterocycles. The number of aromatic nitrogens is 3. The molecular formula is C15H18N6. The minimum absolute atomic E-state index is 0.623. The molecule has 1 aliphatic rings. The Bertz CT molecular complexity index is 631. The van der Waals surface area contributed by atoms with E-state index in [0.29, 0.717) is 11.5 Å². The minimum Gasteiger partial charge on any atom is -0.340 e. The number of aromatic amines is 1. The Morgan fingerprint density at radius 2 is 2.00 bits per heavy atom. The zero-order chi connectivity index (χ0) is 14.7. The van der Waals surface area contributed by atoms with Gasteiger partial charge in [-0.15, -0.1) is 5.10 Å². The molecule has 3 rings (SSSR count). The fourth-order valence-corrected chi connectivity index (χ4v) is 2.59. The summed E-state index contributed by atoms with van der Waals surface area (Å²) in [6.07, 6.45) is 2.19. The smallest absolute Gasteiger partial charge is 0.245 e. The van der Waals surface area contributed by atoms with Gasteiger partial charge in [-0.25, -0.2) is 0 Å². The largest absolute Gasteiger partial charge is 0.340 e. The highest BCUT2D eigenvalue weighted by atomic mass is 15.4. The summed E-state index contributed by atoms with van der Waals surface area (Å²) in [5.41, 5.74) is 7.29. The third-order valence-corrected chi connectivity index (χ3v) is 3.99. The number of piperidine rings is 1. The molecule has 0 aliphatic carbocycles. The van der Waals surface area contributed by atoms with Gasteiger partial charge in [0.05, 0.1) is 11.6 Å². The molecule has 0 unspecified atom stereocenters. The van der Waals surface area contributed by atoms with Gasteiger partial charge in [-0.2, -0.15) is 10.2 Å². The predicted molar refractivity (Wildman–Crippen MR) is 80.5 cm³/mol. The highest BCUT2D eigenvalue weighted by Crippen LogP contribution is 2.22. The number of anilines is 1. The summed E-state index contributed by atoms with van der Waals surface area (Å²) >= 11 is 0. The fraction of sp³-hybridized carbons (Fsp3) is 0.400. The van der Waals surface area contributed by atoms with Crippen molar-refractivity contribution in [2.24, 2.45) is 11.7 Å². The van der Waals surface area contributed by atoms with Crippen LogP contribution in [0.2, 0.25) is 0 Å². The Hall–Kier alpha value is -2.39. The van der Waals surface area contributed by atoms with Gasteiger partial charge in [-0.05, 0) is 49.6 Å². The molecule has 3 N–H and O–H groups in total. The topological polar surface area (TPSA) is 94.6 Å². The third kappa shape index (κ3) is 2.88. The molecule has 1 aliphatic heterocycles. The summed E-state index contributed by atoms with van der Waals surface area (Å²) in [7, 11) is 0. The van der Waals surface area contributed by atoms with Crippen molar-refractivity contribution in [3.63, 3.8) is 0 Å². The van der Waals surface area contributed by atoms with E-state index in [4.69, 9.17) is 11.0 Å². The summed E-state index contributed by atoms with van der Waals surface area (Å²) in [5.74, 6) is 2.10. The van der Waals surface area contributed by atoms with Crippen molar-refractivity contribution < 1.29 is 0 Å². The number of nitriles is 1. The molecule has 21 heavy (non-hydrogen) atoms. The van der Waals surface area contributed by atoms with E-state index in [-0.39, 0.29) is 0 Å². The Morgan fingerprint density at radius 1 is 1.29 bits per heavy atom. The summed E-state index contributed by atoms with van der Waals surface area (Å²) < 4.78 is 0. The van der Waals surface area contributed by atoms with Crippen LogP contribution < -0.4 is 10.6 Å². The first kappa shape index (κ1) is 13.6. The lowest BCUT2D eigenvalue weighted by molar-refractivity contribution is 0.411. The first-order valence-electron chi connectivity index (χ1n) is 7.18. The van der Waals surface area contributed by atoms with E-state index in [0.717, 1.165) is 49.8 Å². The average molecular weight is 282 g/mol. The van der Waals surface area contributed by atoms with E-state index in [2.05, 4.69) is 26.2 Å². The molecule has 6 heteroatoms. The van der Waals surface area contributed by atoms with Crippen molar-refractivity contribution in [1.29, 1.82) is 5.26 Å². The lowest BCUT2D eigenvalue weighted by Gasteiger charge is -2.30. The molecule has 1 aromatic carbocycles. The van der Waals surface area contributed by atoms with Gasteiger partial charge in [0.1, 0.15) is 0 Å². The Kier molecular flexibility index (Phi) is 3.84. The van der Waals surface area contributed by atoms with Gasteiger partial charge in [0.25, 0.3) is 0 Å². The molecule has 0 atom stereocenters. The monoisotopic (exact) mass is 282 g/mol. The number of nitrogens with one attached hydrogen (secondary N) is 1. The number of hydrogen-bond donors (Lipinski definition) is 2. The van der Waals surface area contributed by atoms with E-state index < -0.39 is 0 Å². The molecule has 0 amide bonds. The second kappa shape index (κ2) is 5.94. The van der Waals surface area contributed by atoms with Gasteiger partial charge in [0, 0.05) is 18.7 Å². The highest BCUT2D eigenvalue weighted by molar-refractivity contribution is 5.57. The second-order valence-electron chi connectivity index (χ2n) is 5.34. The zero-order valence-electron chi connectivity index (χ0n) is 11.8. The van der Waals surface area contributed by atoms with E-state index in [1.807, 2.05) is 12.1 Å². The maximum Gasteiger partial charge on any atom is 0.245 e. The molecule has 1 fully saturated rings. The Labute approximate surface area is 123 Å². The molecular weight excluding hydrogens is 264 g/mol. The molecule has 0 radical (unpaired) electrons. The van der Waals surface area contributed by atoms with E-state index in [9.17, 15) is 0 Å². The van der Waals surface area contributed by atoms with Gasteiger partial charge in [-0.3, -0.25) is 5.10 Å². The SMILES string of the molecule is N#Cc1ccc(-c2nc(N3CCC(CN)CC3)n[nH]2)cc1. The fourth-order valence-electron chi connectivity index (χ4n) is 2.59. The van der Waals surface area contributed by atoms with Gasteiger partial charge in [0.2, 0.25) is 5.95 Å². The first-order valence-corrected chi connectivity index (χ1v) is 7.18. The maximum absolute atomic E-state index is 8.81. The number of nitrogens with zero attached hydrogens (tertiary/aromatic N) is 4. The summed E-state index contributed by atoms with van der Waals surface area (Å²) in [6.45, 7) is 2.66. The number of H-pyrrole nitrogens is 1. The number of rotatable bonds is 3. The van der Waals surface area contributed by atoms with Gasteiger partial charge in [-0.1, -0.05) is 0 Å². The molecule has 0 bridgehead atoms. The molecule has 0 saturated carbocycles. The van der Waals surface area contributed by atoms with Crippen molar-refractivity contribution in [3.05, 3.63) is 29.8 Å². The lowest BCUT2D eigenvalue weighted by Crippen LogP contribution is -2.36.